The van der Waals surface area contributed by atoms with Gasteiger partial charge < -0.3 is 19.5 Å². The van der Waals surface area contributed by atoms with E-state index in [1.54, 1.807) is 23.1 Å². The number of likely N-dealkylation sites (tertiary alicyclic amines) is 1. The standard InChI is InChI=1S/C17H20ClNO5/c1-11-13(18)3-2-4-14(11)24-9-15(20)19-7-12-8-23-6-5-17(12,10-19)16(21)22/h2-4,12H,5-10H2,1H3,(H,21,22)/t12-,17+/m0/s1. The molecule has 2 atom stereocenters. The van der Waals surface area contributed by atoms with E-state index in [1.807, 2.05) is 6.92 Å². The first-order chi connectivity index (χ1) is 11.4. The van der Waals surface area contributed by atoms with Crippen molar-refractivity contribution in [2.75, 3.05) is 32.9 Å². The van der Waals surface area contributed by atoms with E-state index in [0.717, 1.165) is 5.56 Å². The maximum Gasteiger partial charge on any atom is 0.311 e. The highest BCUT2D eigenvalue weighted by Gasteiger charge is 2.54. The van der Waals surface area contributed by atoms with Gasteiger partial charge in [0.15, 0.2) is 6.61 Å². The molecule has 2 fully saturated rings. The van der Waals surface area contributed by atoms with Crippen LogP contribution < -0.4 is 4.74 Å². The van der Waals surface area contributed by atoms with E-state index in [-0.39, 0.29) is 25.0 Å². The summed E-state index contributed by atoms with van der Waals surface area (Å²) in [5.41, 5.74) is -0.114. The Morgan fingerprint density at radius 1 is 1.50 bits per heavy atom. The molecule has 130 valence electrons. The zero-order valence-electron chi connectivity index (χ0n) is 13.5. The smallest absolute Gasteiger partial charge is 0.311 e. The monoisotopic (exact) mass is 353 g/mol. The lowest BCUT2D eigenvalue weighted by Gasteiger charge is -2.33. The summed E-state index contributed by atoms with van der Waals surface area (Å²) in [6.07, 6.45) is 0.436. The Morgan fingerprint density at radius 3 is 3.00 bits per heavy atom. The Bertz CT molecular complexity index is 664. The quantitative estimate of drug-likeness (QED) is 0.895. The third-order valence-electron chi connectivity index (χ3n) is 5.05. The molecule has 6 nitrogen and oxygen atoms in total. The predicted octanol–water partition coefficient (Wildman–Crippen LogP) is 1.98. The molecule has 3 rings (SSSR count). The number of carboxylic acid groups (broad SMARTS) is 1. The van der Waals surface area contributed by atoms with Gasteiger partial charge in [0, 0.05) is 36.2 Å². The molecule has 2 heterocycles. The molecule has 0 spiro atoms. The van der Waals surface area contributed by atoms with Gasteiger partial charge in [-0.15, -0.1) is 0 Å². The number of hydrogen-bond donors (Lipinski definition) is 1. The summed E-state index contributed by atoms with van der Waals surface area (Å²) in [5.74, 6) is -0.675. The fourth-order valence-corrected chi connectivity index (χ4v) is 3.63. The van der Waals surface area contributed by atoms with Crippen molar-refractivity contribution in [3.05, 3.63) is 28.8 Å². The zero-order chi connectivity index (χ0) is 17.3. The van der Waals surface area contributed by atoms with Gasteiger partial charge in [-0.3, -0.25) is 9.59 Å². The third kappa shape index (κ3) is 2.96. The number of carbonyl (C=O) groups is 2. The van der Waals surface area contributed by atoms with E-state index in [2.05, 4.69) is 0 Å². The fourth-order valence-electron chi connectivity index (χ4n) is 3.46. The van der Waals surface area contributed by atoms with Crippen molar-refractivity contribution in [3.63, 3.8) is 0 Å². The lowest BCUT2D eigenvalue weighted by Crippen LogP contribution is -2.45. The molecular formula is C17H20ClNO5. The Balaban J connectivity index is 1.66. The molecule has 1 amide bonds. The molecule has 2 saturated heterocycles. The van der Waals surface area contributed by atoms with Crippen molar-refractivity contribution in [2.24, 2.45) is 11.3 Å². The Labute approximate surface area is 145 Å². The van der Waals surface area contributed by atoms with Crippen LogP contribution in [0.15, 0.2) is 18.2 Å². The largest absolute Gasteiger partial charge is 0.483 e. The van der Waals surface area contributed by atoms with Crippen LogP contribution in [-0.4, -0.2) is 54.8 Å². The molecule has 1 aromatic rings. The summed E-state index contributed by atoms with van der Waals surface area (Å²) < 4.78 is 11.0. The van der Waals surface area contributed by atoms with Crippen molar-refractivity contribution in [1.29, 1.82) is 0 Å². The van der Waals surface area contributed by atoms with Crippen LogP contribution in [0.5, 0.6) is 5.75 Å². The van der Waals surface area contributed by atoms with Crippen LogP contribution in [-0.2, 0) is 14.3 Å². The molecule has 0 radical (unpaired) electrons. The van der Waals surface area contributed by atoms with Gasteiger partial charge in [-0.05, 0) is 25.5 Å². The summed E-state index contributed by atoms with van der Waals surface area (Å²) in [7, 11) is 0. The van der Waals surface area contributed by atoms with Crippen molar-refractivity contribution >= 4 is 23.5 Å². The molecule has 0 unspecified atom stereocenters. The zero-order valence-corrected chi connectivity index (χ0v) is 14.2. The van der Waals surface area contributed by atoms with E-state index in [0.29, 0.717) is 37.0 Å². The van der Waals surface area contributed by atoms with Crippen molar-refractivity contribution in [2.45, 2.75) is 13.3 Å². The molecule has 2 aliphatic heterocycles. The van der Waals surface area contributed by atoms with Crippen LogP contribution in [0.4, 0.5) is 0 Å². The topological polar surface area (TPSA) is 76.1 Å². The number of hydrogen-bond acceptors (Lipinski definition) is 4. The second-order valence-corrected chi connectivity index (χ2v) is 6.82. The maximum atomic E-state index is 12.5. The maximum absolute atomic E-state index is 12.5. The first-order valence-electron chi connectivity index (χ1n) is 7.91. The number of rotatable bonds is 4. The minimum Gasteiger partial charge on any atom is -0.483 e. The first-order valence-corrected chi connectivity index (χ1v) is 8.28. The van der Waals surface area contributed by atoms with Crippen LogP contribution in [0.1, 0.15) is 12.0 Å². The number of fused-ring (bicyclic) bond motifs is 1. The third-order valence-corrected chi connectivity index (χ3v) is 5.46. The van der Waals surface area contributed by atoms with Crippen molar-refractivity contribution in [3.8, 4) is 5.75 Å². The number of amides is 1. The summed E-state index contributed by atoms with van der Waals surface area (Å²) >= 11 is 6.04. The second-order valence-electron chi connectivity index (χ2n) is 6.41. The Hall–Kier alpha value is -1.79. The first kappa shape index (κ1) is 17.0. The number of halogens is 1. The highest BCUT2D eigenvalue weighted by atomic mass is 35.5. The second kappa shape index (κ2) is 6.61. The summed E-state index contributed by atoms with van der Waals surface area (Å²) in [4.78, 5) is 25.8. The number of nitrogens with zero attached hydrogens (tertiary/aromatic N) is 1. The summed E-state index contributed by atoms with van der Waals surface area (Å²) in [6.45, 7) is 3.09. The number of ether oxygens (including phenoxy) is 2. The van der Waals surface area contributed by atoms with E-state index in [4.69, 9.17) is 21.1 Å². The number of carboxylic acids is 1. The van der Waals surface area contributed by atoms with E-state index in [1.165, 1.54) is 0 Å². The van der Waals surface area contributed by atoms with E-state index in [9.17, 15) is 14.7 Å². The van der Waals surface area contributed by atoms with E-state index >= 15 is 0 Å². The average Bonchev–Trinajstić information content (AvgIpc) is 2.97. The number of carbonyl (C=O) groups excluding carboxylic acids is 1. The molecule has 1 aromatic carbocycles. The summed E-state index contributed by atoms with van der Waals surface area (Å²) in [5, 5.41) is 10.2. The van der Waals surface area contributed by atoms with E-state index < -0.39 is 11.4 Å². The van der Waals surface area contributed by atoms with Crippen LogP contribution in [0.25, 0.3) is 0 Å². The molecular weight excluding hydrogens is 334 g/mol. The molecule has 7 heteroatoms. The molecule has 0 bridgehead atoms. The van der Waals surface area contributed by atoms with Crippen molar-refractivity contribution < 1.29 is 24.2 Å². The predicted molar refractivity (Wildman–Crippen MR) is 87.3 cm³/mol. The van der Waals surface area contributed by atoms with Gasteiger partial charge in [0.1, 0.15) is 5.75 Å². The SMILES string of the molecule is Cc1c(Cl)cccc1OCC(=O)N1C[C@H]2COCC[C@@]2(C(=O)O)C1. The van der Waals surface area contributed by atoms with Gasteiger partial charge in [-0.1, -0.05) is 17.7 Å². The Kier molecular flexibility index (Phi) is 4.69. The van der Waals surface area contributed by atoms with Gasteiger partial charge in [0.05, 0.1) is 12.0 Å². The van der Waals surface area contributed by atoms with Crippen LogP contribution in [0.3, 0.4) is 0 Å². The normalized spacial score (nSPS) is 26.1. The highest BCUT2D eigenvalue weighted by molar-refractivity contribution is 6.31. The van der Waals surface area contributed by atoms with Gasteiger partial charge in [-0.2, -0.15) is 0 Å². The lowest BCUT2D eigenvalue weighted by molar-refractivity contribution is -0.157. The molecule has 2 aliphatic rings. The molecule has 1 N–H and O–H groups in total. The van der Waals surface area contributed by atoms with Crippen LogP contribution in [0, 0.1) is 18.3 Å². The van der Waals surface area contributed by atoms with Crippen LogP contribution >= 0.6 is 11.6 Å². The van der Waals surface area contributed by atoms with Gasteiger partial charge in [-0.25, -0.2) is 0 Å². The van der Waals surface area contributed by atoms with Gasteiger partial charge in [0.25, 0.3) is 5.91 Å². The number of aliphatic carboxylic acids is 1. The molecule has 0 aromatic heterocycles. The van der Waals surface area contributed by atoms with Crippen LogP contribution in [0.2, 0.25) is 5.02 Å². The minimum absolute atomic E-state index is 0.134. The molecule has 0 aliphatic carbocycles. The minimum atomic E-state index is -0.889. The van der Waals surface area contributed by atoms with Gasteiger partial charge in [0.2, 0.25) is 0 Å². The van der Waals surface area contributed by atoms with Gasteiger partial charge >= 0.3 is 5.97 Å². The average molecular weight is 354 g/mol. The molecule has 0 saturated carbocycles. The molecule has 24 heavy (non-hydrogen) atoms. The fraction of sp³-hybridized carbons (Fsp3) is 0.529. The lowest BCUT2D eigenvalue weighted by atomic mass is 9.74. The Morgan fingerprint density at radius 2 is 2.29 bits per heavy atom. The summed E-state index contributed by atoms with van der Waals surface area (Å²) in [6, 6.07) is 5.27. The van der Waals surface area contributed by atoms with Crippen molar-refractivity contribution in [1.82, 2.24) is 4.90 Å². The highest BCUT2D eigenvalue weighted by Crippen LogP contribution is 2.42. The number of benzene rings is 1.